The third kappa shape index (κ3) is 6.93. The molecule has 2 fully saturated rings. The van der Waals surface area contributed by atoms with Crippen molar-refractivity contribution in [3.8, 4) is 0 Å². The number of amides is 1. The van der Waals surface area contributed by atoms with Crippen molar-refractivity contribution in [2.75, 3.05) is 46.0 Å². The SMILES string of the molecule is O=C(CN1CCOCC1)N[C@H]1CC[C@@H](CCNS(=O)(=O)c2ccccc2F)O[C@H]1CO. The van der Waals surface area contributed by atoms with Gasteiger partial charge in [-0.25, -0.2) is 17.5 Å². The van der Waals surface area contributed by atoms with Gasteiger partial charge in [-0.2, -0.15) is 0 Å². The molecule has 0 unspecified atom stereocenters. The molecule has 11 heteroatoms. The van der Waals surface area contributed by atoms with Gasteiger partial charge in [0, 0.05) is 19.6 Å². The van der Waals surface area contributed by atoms with E-state index in [1.807, 2.05) is 4.90 Å². The third-order valence-electron chi connectivity index (χ3n) is 5.50. The summed E-state index contributed by atoms with van der Waals surface area (Å²) < 4.78 is 51.8. The van der Waals surface area contributed by atoms with Crippen LogP contribution in [0.5, 0.6) is 0 Å². The fraction of sp³-hybridized carbons (Fsp3) is 0.650. The summed E-state index contributed by atoms with van der Waals surface area (Å²) in [6, 6.07) is 4.89. The van der Waals surface area contributed by atoms with Crippen LogP contribution in [0.4, 0.5) is 4.39 Å². The van der Waals surface area contributed by atoms with Crippen LogP contribution in [0.25, 0.3) is 0 Å². The number of halogens is 1. The molecule has 0 radical (unpaired) electrons. The Kier molecular flexibility index (Phi) is 8.76. The van der Waals surface area contributed by atoms with Crippen LogP contribution < -0.4 is 10.0 Å². The number of nitrogens with zero attached hydrogens (tertiary/aromatic N) is 1. The predicted molar refractivity (Wildman–Crippen MR) is 110 cm³/mol. The Morgan fingerprint density at radius 2 is 1.97 bits per heavy atom. The van der Waals surface area contributed by atoms with Gasteiger partial charge in [-0.15, -0.1) is 0 Å². The fourth-order valence-electron chi connectivity index (χ4n) is 3.82. The molecule has 0 bridgehead atoms. The van der Waals surface area contributed by atoms with Gasteiger partial charge >= 0.3 is 0 Å². The monoisotopic (exact) mass is 459 g/mol. The van der Waals surface area contributed by atoms with Crippen molar-refractivity contribution in [2.24, 2.45) is 0 Å². The summed E-state index contributed by atoms with van der Waals surface area (Å²) >= 11 is 0. The van der Waals surface area contributed by atoms with E-state index in [-0.39, 0.29) is 37.7 Å². The maximum absolute atomic E-state index is 13.7. The van der Waals surface area contributed by atoms with Crippen molar-refractivity contribution < 1.29 is 32.2 Å². The Morgan fingerprint density at radius 1 is 1.23 bits per heavy atom. The van der Waals surface area contributed by atoms with Crippen molar-refractivity contribution in [3.05, 3.63) is 30.1 Å². The zero-order valence-electron chi connectivity index (χ0n) is 17.3. The number of hydrogen-bond donors (Lipinski definition) is 3. The second kappa shape index (κ2) is 11.3. The highest BCUT2D eigenvalue weighted by Gasteiger charge is 2.32. The number of rotatable bonds is 9. The molecule has 2 heterocycles. The van der Waals surface area contributed by atoms with Crippen LogP contribution in [0.2, 0.25) is 0 Å². The summed E-state index contributed by atoms with van der Waals surface area (Å²) in [5, 5.41) is 12.6. The number of carbonyl (C=O) groups is 1. The number of carbonyl (C=O) groups excluding carboxylic acids is 1. The van der Waals surface area contributed by atoms with Crippen LogP contribution in [0.1, 0.15) is 19.3 Å². The summed E-state index contributed by atoms with van der Waals surface area (Å²) in [5.41, 5.74) is 0. The zero-order valence-corrected chi connectivity index (χ0v) is 18.2. The minimum atomic E-state index is -3.95. The number of hydrogen-bond acceptors (Lipinski definition) is 7. The number of benzene rings is 1. The van der Waals surface area contributed by atoms with Crippen LogP contribution in [0.15, 0.2) is 29.2 Å². The number of aliphatic hydroxyl groups is 1. The molecular formula is C20H30FN3O6S. The number of sulfonamides is 1. The lowest BCUT2D eigenvalue weighted by Gasteiger charge is -2.36. The molecule has 1 amide bonds. The molecule has 1 aromatic carbocycles. The van der Waals surface area contributed by atoms with Gasteiger partial charge in [-0.1, -0.05) is 12.1 Å². The van der Waals surface area contributed by atoms with Gasteiger partial charge in [0.05, 0.1) is 38.5 Å². The van der Waals surface area contributed by atoms with Gasteiger partial charge < -0.3 is 19.9 Å². The van der Waals surface area contributed by atoms with E-state index in [0.29, 0.717) is 45.6 Å². The van der Waals surface area contributed by atoms with E-state index >= 15 is 0 Å². The Balaban J connectivity index is 1.43. The maximum atomic E-state index is 13.7. The quantitative estimate of drug-likeness (QED) is 0.470. The molecule has 0 aliphatic carbocycles. The van der Waals surface area contributed by atoms with Gasteiger partial charge in [0.25, 0.3) is 0 Å². The average molecular weight is 460 g/mol. The Labute approximate surface area is 181 Å². The molecule has 2 aliphatic rings. The van der Waals surface area contributed by atoms with Crippen LogP contribution >= 0.6 is 0 Å². The molecule has 2 saturated heterocycles. The van der Waals surface area contributed by atoms with E-state index in [9.17, 15) is 22.7 Å². The van der Waals surface area contributed by atoms with Gasteiger partial charge in [0.1, 0.15) is 16.8 Å². The van der Waals surface area contributed by atoms with E-state index in [0.717, 1.165) is 6.07 Å². The van der Waals surface area contributed by atoms with Crippen molar-refractivity contribution >= 4 is 15.9 Å². The second-order valence-electron chi connectivity index (χ2n) is 7.74. The number of nitrogens with one attached hydrogen (secondary N) is 2. The van der Waals surface area contributed by atoms with Crippen LogP contribution in [0, 0.1) is 5.82 Å². The molecular weight excluding hydrogens is 429 g/mol. The summed E-state index contributed by atoms with van der Waals surface area (Å²) in [4.78, 5) is 14.0. The smallest absolute Gasteiger partial charge is 0.243 e. The van der Waals surface area contributed by atoms with Crippen molar-refractivity contribution in [2.45, 2.75) is 42.4 Å². The molecule has 3 rings (SSSR count). The van der Waals surface area contributed by atoms with Crippen LogP contribution in [-0.2, 0) is 24.3 Å². The fourth-order valence-corrected chi connectivity index (χ4v) is 4.94. The largest absolute Gasteiger partial charge is 0.394 e. The van der Waals surface area contributed by atoms with Crippen molar-refractivity contribution in [1.82, 2.24) is 14.9 Å². The highest BCUT2D eigenvalue weighted by atomic mass is 32.2. The molecule has 174 valence electrons. The average Bonchev–Trinajstić information content (AvgIpc) is 2.75. The molecule has 2 aliphatic heterocycles. The van der Waals surface area contributed by atoms with Gasteiger partial charge in [0.15, 0.2) is 0 Å². The number of ether oxygens (including phenoxy) is 2. The highest BCUT2D eigenvalue weighted by molar-refractivity contribution is 7.89. The van der Waals surface area contributed by atoms with E-state index in [1.165, 1.54) is 18.2 Å². The first-order valence-corrected chi connectivity index (χ1v) is 12.0. The topological polar surface area (TPSA) is 117 Å². The lowest BCUT2D eigenvalue weighted by Crippen LogP contribution is -2.53. The maximum Gasteiger partial charge on any atom is 0.243 e. The van der Waals surface area contributed by atoms with Crippen LogP contribution in [0.3, 0.4) is 0 Å². The summed E-state index contributed by atoms with van der Waals surface area (Å²) in [6.07, 6.45) is 0.771. The second-order valence-corrected chi connectivity index (χ2v) is 9.47. The first kappa shape index (κ1) is 24.0. The van der Waals surface area contributed by atoms with Gasteiger partial charge in [0.2, 0.25) is 15.9 Å². The molecule has 31 heavy (non-hydrogen) atoms. The van der Waals surface area contributed by atoms with E-state index < -0.39 is 26.8 Å². The van der Waals surface area contributed by atoms with E-state index in [1.54, 1.807) is 0 Å². The summed E-state index contributed by atoms with van der Waals surface area (Å²) in [5.74, 6) is -0.926. The molecule has 1 aromatic rings. The number of aliphatic hydroxyl groups excluding tert-OH is 1. The summed E-state index contributed by atoms with van der Waals surface area (Å²) in [6.45, 7) is 2.75. The van der Waals surface area contributed by atoms with Crippen molar-refractivity contribution in [1.29, 1.82) is 0 Å². The van der Waals surface area contributed by atoms with E-state index in [2.05, 4.69) is 10.0 Å². The third-order valence-corrected chi connectivity index (χ3v) is 6.99. The molecule has 9 nitrogen and oxygen atoms in total. The lowest BCUT2D eigenvalue weighted by atomic mass is 9.97. The lowest BCUT2D eigenvalue weighted by molar-refractivity contribution is -0.130. The predicted octanol–water partition coefficient (Wildman–Crippen LogP) is -0.149. The summed E-state index contributed by atoms with van der Waals surface area (Å²) in [7, 11) is -3.95. The number of morpholine rings is 1. The minimum absolute atomic E-state index is 0.0769. The standard InChI is InChI=1S/C20H30FN3O6S/c21-16-3-1-2-4-19(16)31(27,28)22-8-7-15-5-6-17(18(14-25)30-15)23-20(26)13-24-9-11-29-12-10-24/h1-4,15,17-18,22,25H,5-14H2,(H,23,26)/t15-,17-,18-/m0/s1. The molecule has 0 saturated carbocycles. The van der Waals surface area contributed by atoms with E-state index in [4.69, 9.17) is 9.47 Å². The minimum Gasteiger partial charge on any atom is -0.394 e. The molecule has 0 spiro atoms. The van der Waals surface area contributed by atoms with Crippen molar-refractivity contribution in [3.63, 3.8) is 0 Å². The first-order chi connectivity index (χ1) is 14.9. The zero-order chi connectivity index (χ0) is 22.3. The van der Waals surface area contributed by atoms with Gasteiger partial charge in [-0.05, 0) is 31.4 Å². The Morgan fingerprint density at radius 3 is 2.68 bits per heavy atom. The normalized spacial score (nSPS) is 25.3. The van der Waals surface area contributed by atoms with Gasteiger partial charge in [-0.3, -0.25) is 9.69 Å². The van der Waals surface area contributed by atoms with Crippen LogP contribution in [-0.4, -0.2) is 88.6 Å². The molecule has 0 aromatic heterocycles. The Hall–Kier alpha value is -1.63. The molecule has 3 atom stereocenters. The Bertz CT molecular complexity index is 834. The first-order valence-electron chi connectivity index (χ1n) is 10.5. The highest BCUT2D eigenvalue weighted by Crippen LogP contribution is 2.22. The molecule has 3 N–H and O–H groups in total.